The molecule has 0 heteroatoms. The van der Waals surface area contributed by atoms with Crippen molar-refractivity contribution in [1.29, 1.82) is 0 Å². The smallest absolute Gasteiger partial charge is 0.00230 e. The molecule has 0 fully saturated rings. The molecule has 2 rings (SSSR count). The third kappa shape index (κ3) is 4.52. The van der Waals surface area contributed by atoms with E-state index in [1.54, 1.807) is 0 Å². The van der Waals surface area contributed by atoms with Crippen LogP contribution in [0.5, 0.6) is 0 Å². The second-order valence-corrected chi connectivity index (χ2v) is 5.73. The van der Waals surface area contributed by atoms with Crippen LogP contribution >= 0.6 is 0 Å². The van der Waals surface area contributed by atoms with E-state index in [1.807, 2.05) is 0 Å². The Morgan fingerprint density at radius 1 is 0.800 bits per heavy atom. The van der Waals surface area contributed by atoms with Crippen LogP contribution in [0.3, 0.4) is 0 Å². The highest BCUT2D eigenvalue weighted by Crippen LogP contribution is 2.16. The van der Waals surface area contributed by atoms with E-state index in [0.29, 0.717) is 0 Å². The lowest BCUT2D eigenvalue weighted by atomic mass is 9.98. The van der Waals surface area contributed by atoms with Crippen LogP contribution in [0.25, 0.3) is 0 Å². The molecule has 0 radical (unpaired) electrons. The SMILES string of the molecule is CCCCCCc1cccc(Cc2ccccc2C)c1. The number of hydrogen-bond donors (Lipinski definition) is 0. The molecule has 2 aromatic rings. The topological polar surface area (TPSA) is 0 Å². The van der Waals surface area contributed by atoms with Gasteiger partial charge in [0.1, 0.15) is 0 Å². The van der Waals surface area contributed by atoms with Gasteiger partial charge in [0.05, 0.1) is 0 Å². The van der Waals surface area contributed by atoms with Gasteiger partial charge in [-0.25, -0.2) is 0 Å². The van der Waals surface area contributed by atoms with Crippen LogP contribution in [-0.4, -0.2) is 0 Å². The molecule has 0 aliphatic rings. The Kier molecular flexibility index (Phi) is 5.86. The minimum absolute atomic E-state index is 1.05. The highest BCUT2D eigenvalue weighted by atomic mass is 14.1. The van der Waals surface area contributed by atoms with Crippen molar-refractivity contribution in [2.45, 2.75) is 52.4 Å². The first-order chi connectivity index (χ1) is 9.79. The van der Waals surface area contributed by atoms with Gasteiger partial charge in [-0.1, -0.05) is 74.7 Å². The number of benzene rings is 2. The molecule has 0 unspecified atom stereocenters. The Hall–Kier alpha value is -1.56. The summed E-state index contributed by atoms with van der Waals surface area (Å²) in [6, 6.07) is 17.8. The summed E-state index contributed by atoms with van der Waals surface area (Å²) in [5.74, 6) is 0. The van der Waals surface area contributed by atoms with Crippen LogP contribution in [0.4, 0.5) is 0 Å². The lowest BCUT2D eigenvalue weighted by molar-refractivity contribution is 0.666. The third-order valence-corrected chi connectivity index (χ3v) is 3.97. The summed E-state index contributed by atoms with van der Waals surface area (Å²) in [6.07, 6.45) is 7.63. The van der Waals surface area contributed by atoms with E-state index in [0.717, 1.165) is 6.42 Å². The molecule has 0 saturated carbocycles. The Balaban J connectivity index is 1.97. The first-order valence-corrected chi connectivity index (χ1v) is 7.92. The van der Waals surface area contributed by atoms with E-state index >= 15 is 0 Å². The molecule has 0 aliphatic heterocycles. The summed E-state index contributed by atoms with van der Waals surface area (Å²) in [5, 5.41) is 0. The zero-order valence-corrected chi connectivity index (χ0v) is 12.9. The van der Waals surface area contributed by atoms with Crippen molar-refractivity contribution in [1.82, 2.24) is 0 Å². The van der Waals surface area contributed by atoms with Crippen LogP contribution in [0.1, 0.15) is 54.9 Å². The number of unbranched alkanes of at least 4 members (excludes halogenated alkanes) is 3. The van der Waals surface area contributed by atoms with E-state index in [4.69, 9.17) is 0 Å². The second-order valence-electron chi connectivity index (χ2n) is 5.73. The summed E-state index contributed by atoms with van der Waals surface area (Å²) in [7, 11) is 0. The van der Waals surface area contributed by atoms with Crippen molar-refractivity contribution in [2.75, 3.05) is 0 Å². The van der Waals surface area contributed by atoms with Crippen molar-refractivity contribution < 1.29 is 0 Å². The third-order valence-electron chi connectivity index (χ3n) is 3.97. The van der Waals surface area contributed by atoms with Crippen LogP contribution in [0, 0.1) is 6.92 Å². The van der Waals surface area contributed by atoms with Gasteiger partial charge in [0.2, 0.25) is 0 Å². The fourth-order valence-corrected chi connectivity index (χ4v) is 2.68. The van der Waals surface area contributed by atoms with E-state index in [2.05, 4.69) is 62.4 Å². The van der Waals surface area contributed by atoms with E-state index in [1.165, 1.54) is 54.4 Å². The predicted octanol–water partition coefficient (Wildman–Crippen LogP) is 5.71. The van der Waals surface area contributed by atoms with Crippen molar-refractivity contribution in [3.63, 3.8) is 0 Å². The van der Waals surface area contributed by atoms with E-state index < -0.39 is 0 Å². The molecule has 0 bridgehead atoms. The molecular formula is C20H26. The van der Waals surface area contributed by atoms with Gasteiger partial charge in [0.25, 0.3) is 0 Å². The van der Waals surface area contributed by atoms with Gasteiger partial charge in [0, 0.05) is 0 Å². The second kappa shape index (κ2) is 7.89. The molecule has 0 saturated heterocycles. The van der Waals surface area contributed by atoms with Gasteiger partial charge in [-0.2, -0.15) is 0 Å². The Bertz CT molecular complexity index is 525. The van der Waals surface area contributed by atoms with Gasteiger partial charge < -0.3 is 0 Å². The van der Waals surface area contributed by atoms with Crippen LogP contribution < -0.4 is 0 Å². The standard InChI is InChI=1S/C20H26/c1-3-4-5-6-11-18-12-9-13-19(15-18)16-20-14-8-7-10-17(20)2/h7-10,12-15H,3-6,11,16H2,1-2H3. The quantitative estimate of drug-likeness (QED) is 0.563. The molecule has 0 aliphatic carbocycles. The molecule has 20 heavy (non-hydrogen) atoms. The molecule has 0 amide bonds. The molecule has 106 valence electrons. The zero-order chi connectivity index (χ0) is 14.2. The van der Waals surface area contributed by atoms with Crippen LogP contribution in [-0.2, 0) is 12.8 Å². The molecule has 0 atom stereocenters. The van der Waals surface area contributed by atoms with Gasteiger partial charge in [-0.3, -0.25) is 0 Å². The molecule has 0 spiro atoms. The fraction of sp³-hybridized carbons (Fsp3) is 0.400. The van der Waals surface area contributed by atoms with Gasteiger partial charge >= 0.3 is 0 Å². The van der Waals surface area contributed by atoms with Gasteiger partial charge in [-0.05, 0) is 48.4 Å². The first kappa shape index (κ1) is 14.8. The summed E-state index contributed by atoms with van der Waals surface area (Å²) in [6.45, 7) is 4.47. The molecule has 0 heterocycles. The normalized spacial score (nSPS) is 10.7. The molecule has 0 aromatic heterocycles. The average molecular weight is 266 g/mol. The number of aryl methyl sites for hydroxylation is 2. The van der Waals surface area contributed by atoms with Crippen molar-refractivity contribution >= 4 is 0 Å². The Morgan fingerprint density at radius 3 is 2.40 bits per heavy atom. The minimum Gasteiger partial charge on any atom is -0.0654 e. The van der Waals surface area contributed by atoms with Crippen LogP contribution in [0.15, 0.2) is 48.5 Å². The van der Waals surface area contributed by atoms with Gasteiger partial charge in [0.15, 0.2) is 0 Å². The maximum atomic E-state index is 2.39. The summed E-state index contributed by atoms with van der Waals surface area (Å²) >= 11 is 0. The lowest BCUT2D eigenvalue weighted by Crippen LogP contribution is -1.93. The monoisotopic (exact) mass is 266 g/mol. The Labute approximate surface area is 123 Å². The van der Waals surface area contributed by atoms with E-state index in [9.17, 15) is 0 Å². The molecule has 0 nitrogen and oxygen atoms in total. The highest BCUT2D eigenvalue weighted by Gasteiger charge is 2.01. The van der Waals surface area contributed by atoms with Crippen LogP contribution in [0.2, 0.25) is 0 Å². The minimum atomic E-state index is 1.05. The fourth-order valence-electron chi connectivity index (χ4n) is 2.68. The number of hydrogen-bond acceptors (Lipinski definition) is 0. The Morgan fingerprint density at radius 2 is 1.60 bits per heavy atom. The van der Waals surface area contributed by atoms with Gasteiger partial charge in [-0.15, -0.1) is 0 Å². The summed E-state index contributed by atoms with van der Waals surface area (Å²) < 4.78 is 0. The van der Waals surface area contributed by atoms with E-state index in [-0.39, 0.29) is 0 Å². The molecule has 0 N–H and O–H groups in total. The maximum Gasteiger partial charge on any atom is -0.00230 e. The number of rotatable bonds is 7. The lowest BCUT2D eigenvalue weighted by Gasteiger charge is -2.08. The zero-order valence-electron chi connectivity index (χ0n) is 12.9. The van der Waals surface area contributed by atoms with Crippen molar-refractivity contribution in [3.8, 4) is 0 Å². The first-order valence-electron chi connectivity index (χ1n) is 7.92. The van der Waals surface area contributed by atoms with Crippen molar-refractivity contribution in [2.24, 2.45) is 0 Å². The summed E-state index contributed by atoms with van der Waals surface area (Å²) in [4.78, 5) is 0. The highest BCUT2D eigenvalue weighted by molar-refractivity contribution is 5.33. The average Bonchev–Trinajstić information content (AvgIpc) is 2.47. The largest absolute Gasteiger partial charge is 0.0654 e. The predicted molar refractivity (Wildman–Crippen MR) is 88.3 cm³/mol. The molecular weight excluding hydrogens is 240 g/mol. The molecule has 2 aromatic carbocycles. The van der Waals surface area contributed by atoms with Crippen molar-refractivity contribution in [3.05, 3.63) is 70.8 Å². The maximum absolute atomic E-state index is 2.39. The summed E-state index contributed by atoms with van der Waals surface area (Å²) in [5.41, 5.74) is 5.76.